The van der Waals surface area contributed by atoms with Crippen molar-refractivity contribution >= 4 is 17.6 Å². The molecule has 5 heteroatoms. The van der Waals surface area contributed by atoms with Crippen molar-refractivity contribution in [3.63, 3.8) is 0 Å². The monoisotopic (exact) mass is 272 g/mol. The van der Waals surface area contributed by atoms with Gasteiger partial charge in [0.25, 0.3) is 0 Å². The topological polar surface area (TPSA) is 55.8 Å². The highest BCUT2D eigenvalue weighted by Gasteiger charge is 2.12. The fraction of sp³-hybridized carbons (Fsp3) is 0.462. The van der Waals surface area contributed by atoms with E-state index in [4.69, 9.17) is 26.2 Å². The number of aryl methyl sites for hydroxylation is 1. The van der Waals surface area contributed by atoms with E-state index < -0.39 is 5.97 Å². The average molecular weight is 273 g/mol. The van der Waals surface area contributed by atoms with Gasteiger partial charge in [-0.25, -0.2) is 0 Å². The van der Waals surface area contributed by atoms with E-state index in [0.717, 1.165) is 18.4 Å². The Morgan fingerprint density at radius 1 is 1.28 bits per heavy atom. The molecule has 0 amide bonds. The first kappa shape index (κ1) is 14.6. The van der Waals surface area contributed by atoms with Crippen molar-refractivity contribution in [2.24, 2.45) is 0 Å². The van der Waals surface area contributed by atoms with Gasteiger partial charge in [0.1, 0.15) is 0 Å². The third-order valence-corrected chi connectivity index (χ3v) is 3.07. The molecule has 4 nitrogen and oxygen atoms in total. The van der Waals surface area contributed by atoms with Gasteiger partial charge in [0.05, 0.1) is 19.2 Å². The molecule has 0 unspecified atom stereocenters. The van der Waals surface area contributed by atoms with Crippen LogP contribution in [0, 0.1) is 0 Å². The Morgan fingerprint density at radius 3 is 2.56 bits per heavy atom. The van der Waals surface area contributed by atoms with Crippen molar-refractivity contribution in [3.8, 4) is 11.5 Å². The van der Waals surface area contributed by atoms with Crippen LogP contribution in [0.5, 0.6) is 11.5 Å². The van der Waals surface area contributed by atoms with Gasteiger partial charge in [-0.05, 0) is 30.9 Å². The number of halogens is 1. The molecule has 1 rings (SSSR count). The molecule has 0 aliphatic carbocycles. The zero-order valence-electron chi connectivity index (χ0n) is 10.5. The molecule has 1 N–H and O–H groups in total. The van der Waals surface area contributed by atoms with Gasteiger partial charge in [-0.2, -0.15) is 0 Å². The molecule has 0 spiro atoms. The van der Waals surface area contributed by atoms with E-state index in [1.807, 2.05) is 6.07 Å². The molecule has 0 saturated carbocycles. The third-order valence-electron chi connectivity index (χ3n) is 2.65. The first-order valence-electron chi connectivity index (χ1n) is 5.71. The number of carbonyl (C=O) groups is 1. The van der Waals surface area contributed by atoms with Crippen LogP contribution >= 0.6 is 11.6 Å². The van der Waals surface area contributed by atoms with Crippen molar-refractivity contribution in [1.82, 2.24) is 0 Å². The second-order valence-corrected chi connectivity index (χ2v) is 4.25. The van der Waals surface area contributed by atoms with Gasteiger partial charge in [-0.15, -0.1) is 0 Å². The zero-order valence-corrected chi connectivity index (χ0v) is 11.3. The number of unbranched alkanes of at least 4 members (excludes halogenated alkanes) is 1. The summed E-state index contributed by atoms with van der Waals surface area (Å²) < 4.78 is 10.3. The molecule has 0 aliphatic heterocycles. The van der Waals surface area contributed by atoms with Crippen molar-refractivity contribution in [1.29, 1.82) is 0 Å². The lowest BCUT2D eigenvalue weighted by atomic mass is 10.1. The summed E-state index contributed by atoms with van der Waals surface area (Å²) in [5.74, 6) is 0.347. The Hall–Kier alpha value is -1.42. The lowest BCUT2D eigenvalue weighted by Gasteiger charge is -2.12. The molecule has 0 aromatic heterocycles. The predicted octanol–water partition coefficient (Wildman–Crippen LogP) is 3.15. The molecule has 18 heavy (non-hydrogen) atoms. The minimum absolute atomic E-state index is 0.185. The number of aliphatic carboxylic acids is 1. The highest BCUT2D eigenvalue weighted by atomic mass is 35.5. The third kappa shape index (κ3) is 3.81. The molecule has 100 valence electrons. The second-order valence-electron chi connectivity index (χ2n) is 3.88. The van der Waals surface area contributed by atoms with Crippen LogP contribution in [0.25, 0.3) is 0 Å². The minimum atomic E-state index is -0.770. The summed E-state index contributed by atoms with van der Waals surface area (Å²) in [4.78, 5) is 10.4. The van der Waals surface area contributed by atoms with Crippen LogP contribution in [-0.2, 0) is 11.2 Å². The summed E-state index contributed by atoms with van der Waals surface area (Å²) in [7, 11) is 3.10. The average Bonchev–Trinajstić information content (AvgIpc) is 2.35. The molecule has 0 fully saturated rings. The molecule has 0 saturated heterocycles. The molecular weight excluding hydrogens is 256 g/mol. The van der Waals surface area contributed by atoms with E-state index in [9.17, 15) is 4.79 Å². The molecule has 0 atom stereocenters. The van der Waals surface area contributed by atoms with E-state index in [1.165, 1.54) is 7.11 Å². The molecule has 0 aliphatic rings. The molecule has 1 aromatic carbocycles. The maximum Gasteiger partial charge on any atom is 0.303 e. The number of carboxylic acids is 1. The zero-order chi connectivity index (χ0) is 13.5. The second kappa shape index (κ2) is 7.11. The Bertz CT molecular complexity index is 418. The lowest BCUT2D eigenvalue weighted by Crippen LogP contribution is -1.97. The fourth-order valence-corrected chi connectivity index (χ4v) is 2.04. The maximum atomic E-state index is 10.4. The Labute approximate surface area is 111 Å². The normalized spacial score (nSPS) is 10.2. The largest absolute Gasteiger partial charge is 0.493 e. The number of benzene rings is 1. The first-order chi connectivity index (χ1) is 8.60. The van der Waals surface area contributed by atoms with Crippen molar-refractivity contribution in [3.05, 3.63) is 22.7 Å². The molecular formula is C13H17ClO4. The van der Waals surface area contributed by atoms with Crippen LogP contribution in [0.3, 0.4) is 0 Å². The van der Waals surface area contributed by atoms with Crippen LogP contribution in [0.2, 0.25) is 5.02 Å². The maximum absolute atomic E-state index is 10.4. The van der Waals surface area contributed by atoms with E-state index >= 15 is 0 Å². The summed E-state index contributed by atoms with van der Waals surface area (Å²) in [5, 5.41) is 9.09. The first-order valence-corrected chi connectivity index (χ1v) is 6.09. The molecule has 0 radical (unpaired) electrons. The summed E-state index contributed by atoms with van der Waals surface area (Å²) in [6.45, 7) is 0. The quantitative estimate of drug-likeness (QED) is 0.775. The fourth-order valence-electron chi connectivity index (χ4n) is 1.71. The van der Waals surface area contributed by atoms with Gasteiger partial charge >= 0.3 is 5.97 Å². The number of rotatable bonds is 7. The Kier molecular flexibility index (Phi) is 5.78. The van der Waals surface area contributed by atoms with Crippen LogP contribution in [0.1, 0.15) is 24.8 Å². The number of ether oxygens (including phenoxy) is 2. The van der Waals surface area contributed by atoms with Gasteiger partial charge < -0.3 is 14.6 Å². The lowest BCUT2D eigenvalue weighted by molar-refractivity contribution is -0.137. The van der Waals surface area contributed by atoms with Crippen molar-refractivity contribution in [2.45, 2.75) is 25.7 Å². The Balaban J connectivity index is 2.69. The number of hydrogen-bond donors (Lipinski definition) is 1. The van der Waals surface area contributed by atoms with Gasteiger partial charge in [0, 0.05) is 6.42 Å². The standard InChI is InChI=1S/C13H17ClO4/c1-17-10-8-7-9(12(14)13(10)18-2)5-3-4-6-11(15)16/h7-8H,3-6H2,1-2H3,(H,15,16). The van der Waals surface area contributed by atoms with Gasteiger partial charge in [0.2, 0.25) is 0 Å². The number of methoxy groups -OCH3 is 2. The van der Waals surface area contributed by atoms with Gasteiger partial charge in [-0.1, -0.05) is 17.7 Å². The molecule has 0 bridgehead atoms. The van der Waals surface area contributed by atoms with E-state index in [0.29, 0.717) is 22.9 Å². The molecule has 1 aromatic rings. The summed E-state index contributed by atoms with van der Waals surface area (Å²) in [6, 6.07) is 3.68. The summed E-state index contributed by atoms with van der Waals surface area (Å²) in [5.41, 5.74) is 0.944. The highest BCUT2D eigenvalue weighted by molar-refractivity contribution is 6.33. The van der Waals surface area contributed by atoms with E-state index in [1.54, 1.807) is 13.2 Å². The number of hydrogen-bond acceptors (Lipinski definition) is 3. The van der Waals surface area contributed by atoms with Crippen LogP contribution in [-0.4, -0.2) is 25.3 Å². The van der Waals surface area contributed by atoms with Crippen LogP contribution in [0.4, 0.5) is 0 Å². The van der Waals surface area contributed by atoms with Crippen molar-refractivity contribution < 1.29 is 19.4 Å². The van der Waals surface area contributed by atoms with Crippen LogP contribution < -0.4 is 9.47 Å². The van der Waals surface area contributed by atoms with Crippen molar-refractivity contribution in [2.75, 3.05) is 14.2 Å². The van der Waals surface area contributed by atoms with E-state index in [2.05, 4.69) is 0 Å². The highest BCUT2D eigenvalue weighted by Crippen LogP contribution is 2.37. The van der Waals surface area contributed by atoms with Gasteiger partial charge in [-0.3, -0.25) is 4.79 Å². The SMILES string of the molecule is COc1ccc(CCCCC(=O)O)c(Cl)c1OC. The summed E-state index contributed by atoms with van der Waals surface area (Å²) >= 11 is 6.21. The summed E-state index contributed by atoms with van der Waals surface area (Å²) in [6.07, 6.45) is 2.33. The van der Waals surface area contributed by atoms with Crippen LogP contribution in [0.15, 0.2) is 12.1 Å². The van der Waals surface area contributed by atoms with E-state index in [-0.39, 0.29) is 6.42 Å². The Morgan fingerprint density at radius 2 is 2.00 bits per heavy atom. The predicted molar refractivity (Wildman–Crippen MR) is 69.7 cm³/mol. The number of carboxylic acid groups (broad SMARTS) is 1. The molecule has 0 heterocycles. The smallest absolute Gasteiger partial charge is 0.303 e. The van der Waals surface area contributed by atoms with Gasteiger partial charge in [0.15, 0.2) is 11.5 Å². The minimum Gasteiger partial charge on any atom is -0.493 e.